The molecular formula is C14H17FN2O. The van der Waals surface area contributed by atoms with Crippen molar-refractivity contribution in [2.24, 2.45) is 0 Å². The van der Waals surface area contributed by atoms with Gasteiger partial charge in [-0.1, -0.05) is 0 Å². The molecule has 0 saturated heterocycles. The maximum atomic E-state index is 13.0. The lowest BCUT2D eigenvalue weighted by atomic mass is 9.92. The van der Waals surface area contributed by atoms with Crippen molar-refractivity contribution in [2.45, 2.75) is 37.8 Å². The fraction of sp³-hybridized carbons (Fsp3) is 0.500. The van der Waals surface area contributed by atoms with E-state index in [1.165, 1.54) is 12.1 Å². The van der Waals surface area contributed by atoms with Gasteiger partial charge < -0.3 is 10.1 Å². The molecule has 0 radical (unpaired) electrons. The quantitative estimate of drug-likeness (QED) is 0.894. The Morgan fingerprint density at radius 3 is 3.00 bits per heavy atom. The number of ether oxygens (including phenoxy) is 1. The van der Waals surface area contributed by atoms with Crippen LogP contribution in [0.15, 0.2) is 18.2 Å². The van der Waals surface area contributed by atoms with E-state index in [-0.39, 0.29) is 11.9 Å². The molecule has 2 atom stereocenters. The van der Waals surface area contributed by atoms with E-state index >= 15 is 0 Å². The Balaban J connectivity index is 2.07. The third-order valence-corrected chi connectivity index (χ3v) is 3.42. The molecule has 1 aliphatic rings. The molecule has 18 heavy (non-hydrogen) atoms. The number of hydrogen-bond acceptors (Lipinski definition) is 3. The van der Waals surface area contributed by atoms with E-state index in [1.807, 2.05) is 6.07 Å². The molecule has 2 rings (SSSR count). The van der Waals surface area contributed by atoms with Gasteiger partial charge in [0.2, 0.25) is 0 Å². The van der Waals surface area contributed by atoms with Gasteiger partial charge in [0.1, 0.15) is 11.9 Å². The van der Waals surface area contributed by atoms with Gasteiger partial charge in [-0.3, -0.25) is 0 Å². The summed E-state index contributed by atoms with van der Waals surface area (Å²) in [7, 11) is 1.73. The van der Waals surface area contributed by atoms with Crippen molar-refractivity contribution < 1.29 is 9.13 Å². The third kappa shape index (κ3) is 2.99. The molecule has 2 unspecified atom stereocenters. The molecule has 0 aliphatic heterocycles. The minimum atomic E-state index is -0.379. The largest absolute Gasteiger partial charge is 0.381 e. The minimum absolute atomic E-state index is 0.280. The second-order valence-electron chi connectivity index (χ2n) is 4.67. The van der Waals surface area contributed by atoms with E-state index in [1.54, 1.807) is 13.2 Å². The Bertz CT molecular complexity index is 456. The first kappa shape index (κ1) is 12.8. The third-order valence-electron chi connectivity index (χ3n) is 3.42. The summed E-state index contributed by atoms with van der Waals surface area (Å²) in [5, 5.41) is 12.3. The van der Waals surface area contributed by atoms with Crippen LogP contribution in [-0.2, 0) is 4.74 Å². The van der Waals surface area contributed by atoms with Gasteiger partial charge >= 0.3 is 0 Å². The average molecular weight is 248 g/mol. The van der Waals surface area contributed by atoms with E-state index in [9.17, 15) is 4.39 Å². The highest BCUT2D eigenvalue weighted by atomic mass is 19.1. The van der Waals surface area contributed by atoms with Crippen LogP contribution in [0.4, 0.5) is 10.1 Å². The van der Waals surface area contributed by atoms with Crippen molar-refractivity contribution in [3.8, 4) is 6.07 Å². The highest BCUT2D eigenvalue weighted by Gasteiger charge is 2.22. The van der Waals surface area contributed by atoms with Crippen LogP contribution >= 0.6 is 0 Å². The molecule has 0 amide bonds. The first-order valence-corrected chi connectivity index (χ1v) is 6.22. The zero-order chi connectivity index (χ0) is 13.0. The van der Waals surface area contributed by atoms with E-state index in [4.69, 9.17) is 10.00 Å². The Kier molecular flexibility index (Phi) is 4.16. The Hall–Kier alpha value is -1.60. The highest BCUT2D eigenvalue weighted by molar-refractivity contribution is 5.57. The number of nitrogens with one attached hydrogen (secondary N) is 1. The molecule has 0 spiro atoms. The highest BCUT2D eigenvalue weighted by Crippen LogP contribution is 2.25. The molecule has 96 valence electrons. The predicted molar refractivity (Wildman–Crippen MR) is 67.8 cm³/mol. The van der Waals surface area contributed by atoms with E-state index in [2.05, 4.69) is 5.32 Å². The topological polar surface area (TPSA) is 45.0 Å². The molecule has 3 nitrogen and oxygen atoms in total. The van der Waals surface area contributed by atoms with Gasteiger partial charge in [0.25, 0.3) is 0 Å². The molecule has 4 heteroatoms. The van der Waals surface area contributed by atoms with Crippen molar-refractivity contribution in [1.29, 1.82) is 5.26 Å². The predicted octanol–water partition coefficient (Wildman–Crippen LogP) is 3.07. The Labute approximate surface area is 107 Å². The fourth-order valence-electron chi connectivity index (χ4n) is 2.44. The standard InChI is InChI=1S/C14H17FN2O/c1-18-13-4-2-3-12(8-13)17-14-6-5-11(15)7-10(14)9-16/h5-7,12-13,17H,2-4,8H2,1H3. The number of methoxy groups -OCH3 is 1. The lowest BCUT2D eigenvalue weighted by molar-refractivity contribution is 0.0669. The minimum Gasteiger partial charge on any atom is -0.381 e. The summed E-state index contributed by atoms with van der Waals surface area (Å²) in [5.41, 5.74) is 1.06. The molecule has 1 aliphatic carbocycles. The van der Waals surface area contributed by atoms with Gasteiger partial charge in [0.15, 0.2) is 0 Å². The van der Waals surface area contributed by atoms with Gasteiger partial charge in [-0.05, 0) is 43.9 Å². The van der Waals surface area contributed by atoms with Crippen LogP contribution in [0.3, 0.4) is 0 Å². The molecule has 1 aromatic carbocycles. The van der Waals surface area contributed by atoms with Crippen molar-refractivity contribution in [3.63, 3.8) is 0 Å². The second kappa shape index (κ2) is 5.83. The molecule has 1 fully saturated rings. The smallest absolute Gasteiger partial charge is 0.124 e. The molecule has 1 aromatic rings. The summed E-state index contributed by atoms with van der Waals surface area (Å²) in [6, 6.07) is 6.58. The lowest BCUT2D eigenvalue weighted by Gasteiger charge is -2.29. The summed E-state index contributed by atoms with van der Waals surface area (Å²) in [6.07, 6.45) is 4.46. The van der Waals surface area contributed by atoms with Crippen LogP contribution in [0.25, 0.3) is 0 Å². The number of hydrogen-bond donors (Lipinski definition) is 1. The monoisotopic (exact) mass is 248 g/mol. The first-order valence-electron chi connectivity index (χ1n) is 6.22. The SMILES string of the molecule is COC1CCCC(Nc2ccc(F)cc2C#N)C1. The lowest BCUT2D eigenvalue weighted by Crippen LogP contribution is -2.31. The van der Waals surface area contributed by atoms with Crippen LogP contribution in [0.1, 0.15) is 31.2 Å². The number of benzene rings is 1. The van der Waals surface area contributed by atoms with E-state index < -0.39 is 0 Å². The molecule has 0 aromatic heterocycles. The summed E-state index contributed by atoms with van der Waals surface area (Å²) in [6.45, 7) is 0. The van der Waals surface area contributed by atoms with Crippen molar-refractivity contribution in [3.05, 3.63) is 29.6 Å². The van der Waals surface area contributed by atoms with Gasteiger partial charge in [-0.15, -0.1) is 0 Å². The number of halogens is 1. The van der Waals surface area contributed by atoms with Crippen LogP contribution in [0, 0.1) is 17.1 Å². The van der Waals surface area contributed by atoms with Crippen molar-refractivity contribution in [1.82, 2.24) is 0 Å². The molecule has 1 N–H and O–H groups in total. The zero-order valence-electron chi connectivity index (χ0n) is 10.4. The van der Waals surface area contributed by atoms with Crippen molar-refractivity contribution in [2.75, 3.05) is 12.4 Å². The molecule has 0 bridgehead atoms. The summed E-state index contributed by atoms with van der Waals surface area (Å²) in [4.78, 5) is 0. The van der Waals surface area contributed by atoms with Crippen LogP contribution < -0.4 is 5.32 Å². The molecule has 0 heterocycles. The number of nitriles is 1. The normalized spacial score (nSPS) is 23.4. The summed E-state index contributed by atoms with van der Waals surface area (Å²) in [5.74, 6) is -0.379. The molecule has 1 saturated carbocycles. The first-order chi connectivity index (χ1) is 8.72. The fourth-order valence-corrected chi connectivity index (χ4v) is 2.44. The number of rotatable bonds is 3. The van der Waals surface area contributed by atoms with Gasteiger partial charge in [-0.25, -0.2) is 4.39 Å². The maximum absolute atomic E-state index is 13.0. The summed E-state index contributed by atoms with van der Waals surface area (Å²) < 4.78 is 18.4. The Morgan fingerprint density at radius 2 is 2.28 bits per heavy atom. The van der Waals surface area contributed by atoms with Crippen molar-refractivity contribution >= 4 is 5.69 Å². The van der Waals surface area contributed by atoms with Crippen LogP contribution in [0.5, 0.6) is 0 Å². The zero-order valence-corrected chi connectivity index (χ0v) is 10.4. The van der Waals surface area contributed by atoms with Gasteiger partial charge in [0, 0.05) is 13.2 Å². The van der Waals surface area contributed by atoms with E-state index in [0.717, 1.165) is 25.7 Å². The van der Waals surface area contributed by atoms with Crippen LogP contribution in [-0.4, -0.2) is 19.3 Å². The Morgan fingerprint density at radius 1 is 1.44 bits per heavy atom. The van der Waals surface area contributed by atoms with Gasteiger partial charge in [-0.2, -0.15) is 5.26 Å². The second-order valence-corrected chi connectivity index (χ2v) is 4.67. The summed E-state index contributed by atoms with van der Waals surface area (Å²) >= 11 is 0. The molecular weight excluding hydrogens is 231 g/mol. The average Bonchev–Trinajstić information content (AvgIpc) is 2.41. The maximum Gasteiger partial charge on any atom is 0.124 e. The number of nitrogens with zero attached hydrogens (tertiary/aromatic N) is 1. The number of anilines is 1. The van der Waals surface area contributed by atoms with E-state index in [0.29, 0.717) is 17.3 Å². The van der Waals surface area contributed by atoms with Crippen LogP contribution in [0.2, 0.25) is 0 Å². The van der Waals surface area contributed by atoms with Gasteiger partial charge in [0.05, 0.1) is 17.4 Å².